The fourth-order valence-corrected chi connectivity index (χ4v) is 4.81. The SMILES string of the molecule is CCC1CCCCCN1S(=O)(=O)c1ccc(C)c(CO)c1. The third-order valence-corrected chi connectivity index (χ3v) is 6.34. The minimum absolute atomic E-state index is 0.0939. The van der Waals surface area contributed by atoms with E-state index >= 15 is 0 Å². The summed E-state index contributed by atoms with van der Waals surface area (Å²) in [6, 6.07) is 5.14. The quantitative estimate of drug-likeness (QED) is 0.930. The van der Waals surface area contributed by atoms with Crippen LogP contribution in [0, 0.1) is 6.92 Å². The maximum atomic E-state index is 12.9. The second-order valence-corrected chi connectivity index (χ2v) is 7.66. The third-order valence-electron chi connectivity index (χ3n) is 4.39. The fraction of sp³-hybridized carbons (Fsp3) is 0.625. The summed E-state index contributed by atoms with van der Waals surface area (Å²) < 4.78 is 27.5. The number of sulfonamides is 1. The van der Waals surface area contributed by atoms with E-state index in [-0.39, 0.29) is 12.6 Å². The van der Waals surface area contributed by atoms with Gasteiger partial charge in [-0.2, -0.15) is 4.31 Å². The Morgan fingerprint density at radius 2 is 2.05 bits per heavy atom. The molecule has 1 aromatic carbocycles. The number of hydrogen-bond acceptors (Lipinski definition) is 3. The molecule has 1 saturated heterocycles. The van der Waals surface area contributed by atoms with Crippen LogP contribution in [0.2, 0.25) is 0 Å². The first kappa shape index (κ1) is 16.5. The molecule has 1 N–H and O–H groups in total. The van der Waals surface area contributed by atoms with Crippen molar-refractivity contribution in [2.45, 2.75) is 63.5 Å². The van der Waals surface area contributed by atoms with Crippen molar-refractivity contribution < 1.29 is 13.5 Å². The Labute approximate surface area is 127 Å². The lowest BCUT2D eigenvalue weighted by molar-refractivity contribution is 0.280. The predicted octanol–water partition coefficient (Wildman–Crippen LogP) is 2.83. The summed E-state index contributed by atoms with van der Waals surface area (Å²) in [6.07, 6.45) is 4.90. The molecule has 0 spiro atoms. The van der Waals surface area contributed by atoms with Crippen LogP contribution < -0.4 is 0 Å². The molecular weight excluding hydrogens is 286 g/mol. The van der Waals surface area contributed by atoms with E-state index in [0.29, 0.717) is 17.0 Å². The molecule has 0 radical (unpaired) electrons. The summed E-state index contributed by atoms with van der Waals surface area (Å²) in [7, 11) is -3.47. The van der Waals surface area contributed by atoms with Gasteiger partial charge in [-0.1, -0.05) is 25.8 Å². The maximum absolute atomic E-state index is 12.9. The molecule has 118 valence electrons. The standard InChI is InChI=1S/C16H25NO3S/c1-3-15-7-5-4-6-10-17(15)21(19,20)16-9-8-13(2)14(11-16)12-18/h8-9,11,15,18H,3-7,10,12H2,1-2H3. The van der Waals surface area contributed by atoms with Crippen LogP contribution in [0.25, 0.3) is 0 Å². The van der Waals surface area contributed by atoms with Crippen molar-refractivity contribution in [3.05, 3.63) is 29.3 Å². The molecule has 2 rings (SSSR count). The van der Waals surface area contributed by atoms with E-state index in [1.54, 1.807) is 22.5 Å². The van der Waals surface area contributed by atoms with Gasteiger partial charge in [0.05, 0.1) is 11.5 Å². The summed E-state index contributed by atoms with van der Waals surface area (Å²) in [4.78, 5) is 0.303. The smallest absolute Gasteiger partial charge is 0.243 e. The molecule has 5 heteroatoms. The normalized spacial score (nSPS) is 21.2. The average molecular weight is 311 g/mol. The molecule has 1 aromatic rings. The Morgan fingerprint density at radius 1 is 1.29 bits per heavy atom. The molecule has 0 amide bonds. The van der Waals surface area contributed by atoms with Gasteiger partial charge < -0.3 is 5.11 Å². The predicted molar refractivity (Wildman–Crippen MR) is 83.5 cm³/mol. The molecule has 1 fully saturated rings. The zero-order valence-corrected chi connectivity index (χ0v) is 13.7. The second-order valence-electron chi connectivity index (χ2n) is 5.77. The number of rotatable bonds is 4. The van der Waals surface area contributed by atoms with Crippen LogP contribution in [-0.4, -0.2) is 30.4 Å². The minimum Gasteiger partial charge on any atom is -0.392 e. The largest absolute Gasteiger partial charge is 0.392 e. The molecule has 0 bridgehead atoms. The van der Waals surface area contributed by atoms with E-state index in [1.807, 2.05) is 13.8 Å². The van der Waals surface area contributed by atoms with Crippen molar-refractivity contribution in [3.63, 3.8) is 0 Å². The summed E-state index contributed by atoms with van der Waals surface area (Å²) in [6.45, 7) is 4.39. The van der Waals surface area contributed by atoms with E-state index in [9.17, 15) is 13.5 Å². The molecular formula is C16H25NO3S. The van der Waals surface area contributed by atoms with Gasteiger partial charge in [0.25, 0.3) is 0 Å². The summed E-state index contributed by atoms with van der Waals surface area (Å²) in [5, 5.41) is 9.35. The van der Waals surface area contributed by atoms with E-state index in [0.717, 1.165) is 37.7 Å². The Hall–Kier alpha value is -0.910. The maximum Gasteiger partial charge on any atom is 0.243 e. The Balaban J connectivity index is 2.39. The van der Waals surface area contributed by atoms with Crippen LogP contribution >= 0.6 is 0 Å². The van der Waals surface area contributed by atoms with Gasteiger partial charge in [0, 0.05) is 12.6 Å². The molecule has 0 aliphatic carbocycles. The first-order chi connectivity index (χ1) is 10.0. The highest BCUT2D eigenvalue weighted by Crippen LogP contribution is 2.27. The van der Waals surface area contributed by atoms with Crippen LogP contribution in [0.3, 0.4) is 0 Å². The molecule has 1 unspecified atom stereocenters. The monoisotopic (exact) mass is 311 g/mol. The Bertz CT molecular complexity index is 583. The molecule has 1 heterocycles. The zero-order valence-electron chi connectivity index (χ0n) is 12.9. The minimum atomic E-state index is -3.47. The molecule has 1 aliphatic rings. The first-order valence-corrected chi connectivity index (χ1v) is 9.17. The van der Waals surface area contributed by atoms with Gasteiger partial charge in [0.1, 0.15) is 0 Å². The van der Waals surface area contributed by atoms with Crippen LogP contribution in [0.5, 0.6) is 0 Å². The third kappa shape index (κ3) is 3.47. The molecule has 21 heavy (non-hydrogen) atoms. The van der Waals surface area contributed by atoms with Gasteiger partial charge in [0.2, 0.25) is 10.0 Å². The first-order valence-electron chi connectivity index (χ1n) is 7.73. The van der Waals surface area contributed by atoms with E-state index in [4.69, 9.17) is 0 Å². The number of aryl methyl sites for hydroxylation is 1. The molecule has 1 aliphatic heterocycles. The van der Waals surface area contributed by atoms with Gasteiger partial charge in [-0.25, -0.2) is 8.42 Å². The molecule has 1 atom stereocenters. The van der Waals surface area contributed by atoms with Crippen molar-refractivity contribution >= 4 is 10.0 Å². The zero-order chi connectivity index (χ0) is 15.5. The number of nitrogens with zero attached hydrogens (tertiary/aromatic N) is 1. The molecule has 0 aromatic heterocycles. The van der Waals surface area contributed by atoms with Crippen molar-refractivity contribution in [2.24, 2.45) is 0 Å². The van der Waals surface area contributed by atoms with Crippen LogP contribution in [0.4, 0.5) is 0 Å². The van der Waals surface area contributed by atoms with E-state index < -0.39 is 10.0 Å². The Kier molecular flexibility index (Phi) is 5.41. The van der Waals surface area contributed by atoms with Crippen molar-refractivity contribution in [2.75, 3.05) is 6.54 Å². The average Bonchev–Trinajstić information content (AvgIpc) is 2.73. The van der Waals surface area contributed by atoms with Crippen LogP contribution in [0.1, 0.15) is 50.2 Å². The number of aliphatic hydroxyl groups is 1. The molecule has 4 nitrogen and oxygen atoms in total. The lowest BCUT2D eigenvalue weighted by Gasteiger charge is -2.28. The van der Waals surface area contributed by atoms with Crippen LogP contribution in [-0.2, 0) is 16.6 Å². The number of aliphatic hydroxyl groups excluding tert-OH is 1. The summed E-state index contributed by atoms with van der Waals surface area (Å²) >= 11 is 0. The van der Waals surface area contributed by atoms with Gasteiger partial charge >= 0.3 is 0 Å². The van der Waals surface area contributed by atoms with Crippen molar-refractivity contribution in [1.82, 2.24) is 4.31 Å². The molecule has 0 saturated carbocycles. The van der Waals surface area contributed by atoms with Gasteiger partial charge in [-0.05, 0) is 49.4 Å². The highest BCUT2D eigenvalue weighted by Gasteiger charge is 2.31. The number of benzene rings is 1. The Morgan fingerprint density at radius 3 is 2.71 bits per heavy atom. The number of hydrogen-bond donors (Lipinski definition) is 1. The fourth-order valence-electron chi connectivity index (χ4n) is 2.99. The van der Waals surface area contributed by atoms with Crippen molar-refractivity contribution in [1.29, 1.82) is 0 Å². The topological polar surface area (TPSA) is 57.6 Å². The van der Waals surface area contributed by atoms with Gasteiger partial charge in [-0.3, -0.25) is 0 Å². The highest BCUT2D eigenvalue weighted by atomic mass is 32.2. The van der Waals surface area contributed by atoms with Crippen molar-refractivity contribution in [3.8, 4) is 0 Å². The summed E-state index contributed by atoms with van der Waals surface area (Å²) in [5.74, 6) is 0. The van der Waals surface area contributed by atoms with Crippen LogP contribution in [0.15, 0.2) is 23.1 Å². The summed E-state index contributed by atoms with van der Waals surface area (Å²) in [5.41, 5.74) is 1.60. The second kappa shape index (κ2) is 6.90. The van der Waals surface area contributed by atoms with E-state index in [2.05, 4.69) is 0 Å². The lowest BCUT2D eigenvalue weighted by atomic mass is 10.1. The lowest BCUT2D eigenvalue weighted by Crippen LogP contribution is -2.39. The van der Waals surface area contributed by atoms with E-state index in [1.165, 1.54) is 0 Å². The highest BCUT2D eigenvalue weighted by molar-refractivity contribution is 7.89. The van der Waals surface area contributed by atoms with Gasteiger partial charge in [0.15, 0.2) is 0 Å². The van der Waals surface area contributed by atoms with Gasteiger partial charge in [-0.15, -0.1) is 0 Å².